The molecule has 0 saturated carbocycles. The minimum Gasteiger partial charge on any atom is -0.356 e. The van der Waals surface area contributed by atoms with Gasteiger partial charge in [-0.3, -0.25) is 0 Å². The van der Waals surface area contributed by atoms with Crippen molar-refractivity contribution in [2.45, 2.75) is 64.1 Å². The van der Waals surface area contributed by atoms with Gasteiger partial charge >= 0.3 is 0 Å². The maximum absolute atomic E-state index is 5.16. The largest absolute Gasteiger partial charge is 0.356 e. The van der Waals surface area contributed by atoms with Crippen molar-refractivity contribution in [3.05, 3.63) is 24.8 Å². The van der Waals surface area contributed by atoms with Gasteiger partial charge in [0.2, 0.25) is 0 Å². The molecule has 0 N–H and O–H groups in total. The zero-order valence-electron chi connectivity index (χ0n) is 12.2. The van der Waals surface area contributed by atoms with Gasteiger partial charge in [0.15, 0.2) is 6.29 Å². The highest BCUT2D eigenvalue weighted by Crippen LogP contribution is 2.12. The van der Waals surface area contributed by atoms with Crippen LogP contribution in [0.25, 0.3) is 0 Å². The summed E-state index contributed by atoms with van der Waals surface area (Å²) in [6.45, 7) is 3.66. The number of unbranched alkanes of at least 4 members (excludes halogenated alkanes) is 7. The van der Waals surface area contributed by atoms with E-state index >= 15 is 0 Å². The maximum Gasteiger partial charge on any atom is 0.156 e. The molecule has 0 fully saturated rings. The third-order valence-electron chi connectivity index (χ3n) is 3.11. The lowest BCUT2D eigenvalue weighted by Gasteiger charge is -2.12. The van der Waals surface area contributed by atoms with Crippen molar-refractivity contribution in [2.75, 3.05) is 14.2 Å². The fourth-order valence-electron chi connectivity index (χ4n) is 1.98. The lowest BCUT2D eigenvalue weighted by Crippen LogP contribution is -2.12. The molecule has 0 aromatic heterocycles. The first-order valence-corrected chi connectivity index (χ1v) is 7.18. The topological polar surface area (TPSA) is 18.5 Å². The Morgan fingerprint density at radius 2 is 1.44 bits per heavy atom. The van der Waals surface area contributed by atoms with Gasteiger partial charge in [0.1, 0.15) is 0 Å². The predicted octanol–water partition coefficient (Wildman–Crippen LogP) is 4.86. The molecule has 0 unspecified atom stereocenters. The molecule has 0 atom stereocenters. The molecular formula is C16H30O2. The minimum atomic E-state index is -0.0124. The van der Waals surface area contributed by atoms with Crippen LogP contribution in [0.1, 0.15) is 57.8 Å². The lowest BCUT2D eigenvalue weighted by atomic mass is 10.1. The van der Waals surface area contributed by atoms with Gasteiger partial charge in [-0.25, -0.2) is 0 Å². The van der Waals surface area contributed by atoms with E-state index in [1.165, 1.54) is 51.4 Å². The van der Waals surface area contributed by atoms with E-state index in [0.29, 0.717) is 0 Å². The smallest absolute Gasteiger partial charge is 0.156 e. The van der Waals surface area contributed by atoms with E-state index < -0.39 is 0 Å². The monoisotopic (exact) mass is 254 g/mol. The summed E-state index contributed by atoms with van der Waals surface area (Å²) < 4.78 is 10.3. The van der Waals surface area contributed by atoms with Crippen LogP contribution in [0.2, 0.25) is 0 Å². The van der Waals surface area contributed by atoms with E-state index in [9.17, 15) is 0 Å². The van der Waals surface area contributed by atoms with Crippen molar-refractivity contribution in [2.24, 2.45) is 0 Å². The van der Waals surface area contributed by atoms with Gasteiger partial charge in [0.05, 0.1) is 0 Å². The van der Waals surface area contributed by atoms with Crippen LogP contribution in [0.15, 0.2) is 24.8 Å². The molecule has 0 spiro atoms. The highest BCUT2D eigenvalue weighted by Gasteiger charge is 2.03. The van der Waals surface area contributed by atoms with Gasteiger partial charge in [-0.15, -0.1) is 0 Å². The number of ether oxygens (including phenoxy) is 2. The van der Waals surface area contributed by atoms with Crippen LogP contribution in [0.5, 0.6) is 0 Å². The molecule has 0 bridgehead atoms. The standard InChI is InChI=1S/C16H30O2/c1-4-5-6-7-8-9-10-11-12-13-14-15-16(17-2)18-3/h4-6,16H,1,7-15H2,2-3H3/b6-5-. The van der Waals surface area contributed by atoms with Crippen LogP contribution >= 0.6 is 0 Å². The summed E-state index contributed by atoms with van der Waals surface area (Å²) in [7, 11) is 3.41. The summed E-state index contributed by atoms with van der Waals surface area (Å²) in [4.78, 5) is 0. The molecule has 0 rings (SSSR count). The Bertz CT molecular complexity index is 195. The molecule has 0 aliphatic carbocycles. The Kier molecular flexibility index (Phi) is 14.0. The second-order valence-electron chi connectivity index (χ2n) is 4.62. The first kappa shape index (κ1) is 17.4. The second-order valence-corrected chi connectivity index (χ2v) is 4.62. The van der Waals surface area contributed by atoms with Gasteiger partial charge < -0.3 is 9.47 Å². The van der Waals surface area contributed by atoms with E-state index in [2.05, 4.69) is 12.7 Å². The predicted molar refractivity (Wildman–Crippen MR) is 78.7 cm³/mol. The molecular weight excluding hydrogens is 224 g/mol. The third kappa shape index (κ3) is 11.9. The van der Waals surface area contributed by atoms with Crippen molar-refractivity contribution in [1.82, 2.24) is 0 Å². The molecule has 0 aromatic carbocycles. The van der Waals surface area contributed by atoms with E-state index in [4.69, 9.17) is 9.47 Å². The highest BCUT2D eigenvalue weighted by molar-refractivity contribution is 4.96. The Labute approximate surface area is 113 Å². The highest BCUT2D eigenvalue weighted by atomic mass is 16.7. The number of methoxy groups -OCH3 is 2. The summed E-state index contributed by atoms with van der Waals surface area (Å²) in [5.41, 5.74) is 0. The van der Waals surface area contributed by atoms with E-state index in [-0.39, 0.29) is 6.29 Å². The fraction of sp³-hybridized carbons (Fsp3) is 0.750. The average Bonchev–Trinajstić information content (AvgIpc) is 2.40. The molecule has 106 valence electrons. The normalized spacial score (nSPS) is 11.5. The fourth-order valence-corrected chi connectivity index (χ4v) is 1.98. The zero-order valence-corrected chi connectivity index (χ0v) is 12.2. The van der Waals surface area contributed by atoms with E-state index in [0.717, 1.165) is 6.42 Å². The summed E-state index contributed by atoms with van der Waals surface area (Å²) in [6.07, 6.45) is 17.5. The Morgan fingerprint density at radius 3 is 2.00 bits per heavy atom. The minimum absolute atomic E-state index is 0.0124. The molecule has 0 aliphatic rings. The van der Waals surface area contributed by atoms with Crippen molar-refractivity contribution >= 4 is 0 Å². The van der Waals surface area contributed by atoms with Gasteiger partial charge in [-0.1, -0.05) is 56.9 Å². The first-order valence-electron chi connectivity index (χ1n) is 7.18. The van der Waals surface area contributed by atoms with Gasteiger partial charge in [0.25, 0.3) is 0 Å². The van der Waals surface area contributed by atoms with E-state index in [1.807, 2.05) is 12.2 Å². The van der Waals surface area contributed by atoms with E-state index in [1.54, 1.807) is 14.2 Å². The van der Waals surface area contributed by atoms with Crippen molar-refractivity contribution in [1.29, 1.82) is 0 Å². The summed E-state index contributed by atoms with van der Waals surface area (Å²) >= 11 is 0. The molecule has 18 heavy (non-hydrogen) atoms. The molecule has 2 nitrogen and oxygen atoms in total. The second kappa shape index (κ2) is 14.5. The van der Waals surface area contributed by atoms with Crippen molar-refractivity contribution in [3.8, 4) is 0 Å². The van der Waals surface area contributed by atoms with Gasteiger partial charge in [-0.05, 0) is 25.7 Å². The number of rotatable bonds is 13. The maximum atomic E-state index is 5.16. The first-order chi connectivity index (χ1) is 8.85. The summed E-state index contributed by atoms with van der Waals surface area (Å²) in [5, 5.41) is 0. The summed E-state index contributed by atoms with van der Waals surface area (Å²) in [5.74, 6) is 0. The summed E-state index contributed by atoms with van der Waals surface area (Å²) in [6, 6.07) is 0. The van der Waals surface area contributed by atoms with Crippen molar-refractivity contribution < 1.29 is 9.47 Å². The van der Waals surface area contributed by atoms with Crippen LogP contribution < -0.4 is 0 Å². The zero-order chi connectivity index (χ0) is 13.5. The SMILES string of the molecule is C=C/C=C\CCCCCCCCCC(OC)OC. The van der Waals surface area contributed by atoms with Crippen molar-refractivity contribution in [3.63, 3.8) is 0 Å². The Morgan fingerprint density at radius 1 is 0.889 bits per heavy atom. The Balaban J connectivity index is 3.11. The van der Waals surface area contributed by atoms with Crippen LogP contribution in [-0.2, 0) is 9.47 Å². The van der Waals surface area contributed by atoms with Gasteiger partial charge in [-0.2, -0.15) is 0 Å². The van der Waals surface area contributed by atoms with Crippen LogP contribution in [0.4, 0.5) is 0 Å². The van der Waals surface area contributed by atoms with Crippen LogP contribution in [0.3, 0.4) is 0 Å². The molecule has 0 aliphatic heterocycles. The quantitative estimate of drug-likeness (QED) is 0.265. The molecule has 0 aromatic rings. The number of allylic oxidation sites excluding steroid dienone is 3. The average molecular weight is 254 g/mol. The molecule has 0 amide bonds. The third-order valence-corrected chi connectivity index (χ3v) is 3.11. The molecule has 2 heteroatoms. The molecule has 0 saturated heterocycles. The van der Waals surface area contributed by atoms with Crippen LogP contribution in [0, 0.1) is 0 Å². The number of hydrogen-bond acceptors (Lipinski definition) is 2. The molecule has 0 radical (unpaired) electrons. The lowest BCUT2D eigenvalue weighted by molar-refractivity contribution is -0.107. The van der Waals surface area contributed by atoms with Crippen LogP contribution in [-0.4, -0.2) is 20.5 Å². The number of hydrogen-bond donors (Lipinski definition) is 0. The van der Waals surface area contributed by atoms with Gasteiger partial charge in [0, 0.05) is 14.2 Å². The molecule has 0 heterocycles. The Hall–Kier alpha value is -0.600.